The normalized spacial score (nSPS) is 16.1. The van der Waals surface area contributed by atoms with Gasteiger partial charge in [0.2, 0.25) is 0 Å². The van der Waals surface area contributed by atoms with Gasteiger partial charge in [0.05, 0.1) is 26.8 Å². The average Bonchev–Trinajstić information content (AvgIpc) is 3.24. The maximum atomic E-state index is 6.12. The molecule has 1 aliphatic heterocycles. The summed E-state index contributed by atoms with van der Waals surface area (Å²) in [6.07, 6.45) is 2.46. The van der Waals surface area contributed by atoms with Crippen molar-refractivity contribution in [2.24, 2.45) is 10.7 Å². The topological polar surface area (TPSA) is 72.1 Å². The standard InChI is InChI=1S/C21H28N4O2/c1-26-18-9-5-16(6-10-18)20(25-13-3-4-14-25)15-23-21(22)24-17-7-11-19(27-2)12-8-17/h5-12,20H,3-4,13-15H2,1-2H3,(H3,22,23,24). The highest BCUT2D eigenvalue weighted by Crippen LogP contribution is 2.27. The van der Waals surface area contributed by atoms with Crippen molar-refractivity contribution in [1.29, 1.82) is 0 Å². The molecule has 1 atom stereocenters. The molecule has 3 N–H and O–H groups in total. The van der Waals surface area contributed by atoms with Crippen LogP contribution < -0.4 is 20.5 Å². The van der Waals surface area contributed by atoms with Gasteiger partial charge in [0, 0.05) is 5.69 Å². The Morgan fingerprint density at radius 2 is 1.56 bits per heavy atom. The highest BCUT2D eigenvalue weighted by Gasteiger charge is 2.23. The van der Waals surface area contributed by atoms with Gasteiger partial charge in [0.1, 0.15) is 11.5 Å². The molecule has 2 aromatic rings. The lowest BCUT2D eigenvalue weighted by Crippen LogP contribution is -2.30. The van der Waals surface area contributed by atoms with Crippen molar-refractivity contribution < 1.29 is 9.47 Å². The van der Waals surface area contributed by atoms with Gasteiger partial charge in [0.15, 0.2) is 5.96 Å². The van der Waals surface area contributed by atoms with Crippen LogP contribution in [0.3, 0.4) is 0 Å². The Hall–Kier alpha value is -2.73. The first-order valence-electron chi connectivity index (χ1n) is 9.28. The molecule has 3 rings (SSSR count). The summed E-state index contributed by atoms with van der Waals surface area (Å²) in [5.41, 5.74) is 8.24. The largest absolute Gasteiger partial charge is 0.497 e. The third-order valence-electron chi connectivity index (χ3n) is 4.88. The number of hydrogen-bond acceptors (Lipinski definition) is 4. The van der Waals surface area contributed by atoms with Crippen LogP contribution in [0.2, 0.25) is 0 Å². The molecule has 1 heterocycles. The maximum absolute atomic E-state index is 6.12. The molecule has 144 valence electrons. The number of nitrogens with two attached hydrogens (primary N) is 1. The molecule has 0 spiro atoms. The fourth-order valence-corrected chi connectivity index (χ4v) is 3.36. The van der Waals surface area contributed by atoms with Gasteiger partial charge < -0.3 is 20.5 Å². The van der Waals surface area contributed by atoms with Crippen LogP contribution >= 0.6 is 0 Å². The van der Waals surface area contributed by atoms with E-state index in [0.29, 0.717) is 12.5 Å². The zero-order chi connectivity index (χ0) is 19.1. The Morgan fingerprint density at radius 1 is 1.00 bits per heavy atom. The fraction of sp³-hybridized carbons (Fsp3) is 0.381. The van der Waals surface area contributed by atoms with E-state index in [-0.39, 0.29) is 6.04 Å². The molecule has 1 fully saturated rings. The number of hydrogen-bond donors (Lipinski definition) is 2. The lowest BCUT2D eigenvalue weighted by molar-refractivity contribution is 0.251. The third kappa shape index (κ3) is 5.14. The summed E-state index contributed by atoms with van der Waals surface area (Å²) in [4.78, 5) is 7.08. The Bertz CT molecular complexity index is 738. The molecule has 0 radical (unpaired) electrons. The van der Waals surface area contributed by atoms with Crippen LogP contribution in [0.4, 0.5) is 5.69 Å². The minimum absolute atomic E-state index is 0.217. The molecule has 2 aromatic carbocycles. The van der Waals surface area contributed by atoms with Gasteiger partial charge >= 0.3 is 0 Å². The van der Waals surface area contributed by atoms with Crippen LogP contribution in [0.1, 0.15) is 24.4 Å². The molecular weight excluding hydrogens is 340 g/mol. The molecule has 0 saturated carbocycles. The minimum atomic E-state index is 0.217. The lowest BCUT2D eigenvalue weighted by atomic mass is 10.1. The van der Waals surface area contributed by atoms with E-state index in [1.165, 1.54) is 18.4 Å². The number of anilines is 1. The molecule has 1 aliphatic rings. The SMILES string of the molecule is COc1ccc(NC(N)=NCC(c2ccc(OC)cc2)N2CCCC2)cc1. The summed E-state index contributed by atoms with van der Waals surface area (Å²) in [7, 11) is 3.33. The molecule has 0 aliphatic carbocycles. The van der Waals surface area contributed by atoms with Crippen LogP contribution in [-0.2, 0) is 0 Å². The van der Waals surface area contributed by atoms with Crippen molar-refractivity contribution in [3.8, 4) is 11.5 Å². The Morgan fingerprint density at radius 3 is 2.11 bits per heavy atom. The zero-order valence-electron chi connectivity index (χ0n) is 16.0. The second-order valence-corrected chi connectivity index (χ2v) is 6.61. The molecule has 6 heteroatoms. The molecular formula is C21H28N4O2. The highest BCUT2D eigenvalue weighted by atomic mass is 16.5. The molecule has 0 aromatic heterocycles. The van der Waals surface area contributed by atoms with Crippen LogP contribution in [0.25, 0.3) is 0 Å². The summed E-state index contributed by atoms with van der Waals surface area (Å²) in [5.74, 6) is 2.09. The van der Waals surface area contributed by atoms with Crippen LogP contribution in [0.15, 0.2) is 53.5 Å². The number of aliphatic imine (C=N–C) groups is 1. The fourth-order valence-electron chi connectivity index (χ4n) is 3.36. The molecule has 6 nitrogen and oxygen atoms in total. The Kier molecular flexibility index (Phi) is 6.54. The average molecular weight is 368 g/mol. The Balaban J connectivity index is 1.69. The van der Waals surface area contributed by atoms with E-state index in [0.717, 1.165) is 30.3 Å². The summed E-state index contributed by atoms with van der Waals surface area (Å²) in [6.45, 7) is 2.80. The molecule has 1 saturated heterocycles. The Labute approximate surface area is 161 Å². The van der Waals surface area contributed by atoms with E-state index in [1.54, 1.807) is 14.2 Å². The van der Waals surface area contributed by atoms with Crippen LogP contribution in [0, 0.1) is 0 Å². The first-order valence-corrected chi connectivity index (χ1v) is 9.28. The lowest BCUT2D eigenvalue weighted by Gasteiger charge is -2.27. The predicted molar refractivity (Wildman–Crippen MR) is 110 cm³/mol. The van der Waals surface area contributed by atoms with Crippen LogP contribution in [0.5, 0.6) is 11.5 Å². The van der Waals surface area contributed by atoms with Gasteiger partial charge in [-0.05, 0) is 67.9 Å². The van der Waals surface area contributed by atoms with Gasteiger partial charge in [0.25, 0.3) is 0 Å². The summed E-state index contributed by atoms with van der Waals surface area (Å²) in [5, 5.41) is 3.14. The third-order valence-corrected chi connectivity index (χ3v) is 4.88. The number of rotatable bonds is 7. The first kappa shape index (κ1) is 19.0. The zero-order valence-corrected chi connectivity index (χ0v) is 16.0. The molecule has 27 heavy (non-hydrogen) atoms. The second-order valence-electron chi connectivity index (χ2n) is 6.61. The van der Waals surface area contributed by atoms with Crippen molar-refractivity contribution in [3.63, 3.8) is 0 Å². The number of ether oxygens (including phenoxy) is 2. The quantitative estimate of drug-likeness (QED) is 0.580. The number of benzene rings is 2. The van der Waals surface area contributed by atoms with Crippen molar-refractivity contribution in [1.82, 2.24) is 4.90 Å². The van der Waals surface area contributed by atoms with Gasteiger partial charge in [-0.2, -0.15) is 0 Å². The van der Waals surface area contributed by atoms with E-state index in [9.17, 15) is 0 Å². The summed E-state index contributed by atoms with van der Waals surface area (Å²) < 4.78 is 10.4. The van der Waals surface area contributed by atoms with Crippen molar-refractivity contribution in [3.05, 3.63) is 54.1 Å². The minimum Gasteiger partial charge on any atom is -0.497 e. The first-order chi connectivity index (χ1) is 13.2. The van der Waals surface area contributed by atoms with Crippen LogP contribution in [-0.4, -0.2) is 44.7 Å². The number of likely N-dealkylation sites (tertiary alicyclic amines) is 1. The van der Waals surface area contributed by atoms with E-state index < -0.39 is 0 Å². The van der Waals surface area contributed by atoms with E-state index in [1.807, 2.05) is 36.4 Å². The van der Waals surface area contributed by atoms with Gasteiger partial charge in [-0.15, -0.1) is 0 Å². The predicted octanol–water partition coefficient (Wildman–Crippen LogP) is 3.27. The van der Waals surface area contributed by atoms with Gasteiger partial charge in [-0.1, -0.05) is 12.1 Å². The number of nitrogens with zero attached hydrogens (tertiary/aromatic N) is 2. The maximum Gasteiger partial charge on any atom is 0.193 e. The summed E-state index contributed by atoms with van der Waals surface area (Å²) >= 11 is 0. The smallest absolute Gasteiger partial charge is 0.193 e. The second kappa shape index (κ2) is 9.28. The van der Waals surface area contributed by atoms with Gasteiger partial charge in [-0.25, -0.2) is 0 Å². The summed E-state index contributed by atoms with van der Waals surface area (Å²) in [6, 6.07) is 16.1. The van der Waals surface area contributed by atoms with Crippen molar-refractivity contribution in [2.75, 3.05) is 39.2 Å². The number of methoxy groups -OCH3 is 2. The van der Waals surface area contributed by atoms with Crippen molar-refractivity contribution in [2.45, 2.75) is 18.9 Å². The van der Waals surface area contributed by atoms with E-state index in [2.05, 4.69) is 27.3 Å². The van der Waals surface area contributed by atoms with E-state index in [4.69, 9.17) is 15.2 Å². The monoisotopic (exact) mass is 368 g/mol. The number of guanidine groups is 1. The molecule has 0 bridgehead atoms. The van der Waals surface area contributed by atoms with E-state index >= 15 is 0 Å². The van der Waals surface area contributed by atoms with Crippen molar-refractivity contribution >= 4 is 11.6 Å². The highest BCUT2D eigenvalue weighted by molar-refractivity contribution is 5.92. The molecule has 0 amide bonds. The van der Waals surface area contributed by atoms with Gasteiger partial charge in [-0.3, -0.25) is 9.89 Å². The molecule has 1 unspecified atom stereocenters. The number of nitrogens with one attached hydrogen (secondary N) is 1.